The third-order valence-electron chi connectivity index (χ3n) is 10.5. The molecule has 5 atom stereocenters. The number of likely N-dealkylation sites (tertiary alicyclic amines) is 1. The van der Waals surface area contributed by atoms with E-state index < -0.39 is 11.0 Å². The van der Waals surface area contributed by atoms with Crippen molar-refractivity contribution in [2.24, 2.45) is 11.8 Å². The molecule has 3 aliphatic carbocycles. The summed E-state index contributed by atoms with van der Waals surface area (Å²) in [5.74, 6) is 7.65. The zero-order chi connectivity index (χ0) is 29.2. The lowest BCUT2D eigenvalue weighted by molar-refractivity contribution is -0.224. The van der Waals surface area contributed by atoms with E-state index in [0.717, 1.165) is 48.7 Å². The molecule has 0 unspecified atom stereocenters. The number of ether oxygens (including phenoxy) is 2. The van der Waals surface area contributed by atoms with E-state index in [-0.39, 0.29) is 36.0 Å². The van der Waals surface area contributed by atoms with E-state index in [4.69, 9.17) is 9.47 Å². The third-order valence-corrected chi connectivity index (χ3v) is 10.5. The highest BCUT2D eigenvalue weighted by Crippen LogP contribution is 2.66. The van der Waals surface area contributed by atoms with Gasteiger partial charge in [-0.05, 0) is 93.2 Å². The van der Waals surface area contributed by atoms with Crippen molar-refractivity contribution in [2.45, 2.75) is 95.4 Å². The van der Waals surface area contributed by atoms with Gasteiger partial charge in [0.1, 0.15) is 17.5 Å². The van der Waals surface area contributed by atoms with Crippen molar-refractivity contribution in [3.05, 3.63) is 64.7 Å². The highest BCUT2D eigenvalue weighted by molar-refractivity contribution is 5.94. The first-order valence-electron chi connectivity index (χ1n) is 15.8. The number of amides is 1. The first-order chi connectivity index (χ1) is 20.2. The van der Waals surface area contributed by atoms with E-state index in [2.05, 4.69) is 48.8 Å². The smallest absolute Gasteiger partial charge is 0.303 e. The van der Waals surface area contributed by atoms with E-state index in [1.807, 2.05) is 36.1 Å². The average Bonchev–Trinajstić information content (AvgIpc) is 3.69. The van der Waals surface area contributed by atoms with Crippen molar-refractivity contribution in [3.63, 3.8) is 0 Å². The van der Waals surface area contributed by atoms with Crippen molar-refractivity contribution in [1.82, 2.24) is 9.80 Å². The molecule has 1 amide bonds. The van der Waals surface area contributed by atoms with Crippen molar-refractivity contribution in [2.75, 3.05) is 19.6 Å². The van der Waals surface area contributed by atoms with E-state index in [9.17, 15) is 9.59 Å². The molecule has 7 rings (SSSR count). The van der Waals surface area contributed by atoms with Gasteiger partial charge in [-0.15, -0.1) is 0 Å². The maximum Gasteiger partial charge on any atom is 0.303 e. The van der Waals surface area contributed by atoms with Crippen molar-refractivity contribution in [1.29, 1.82) is 0 Å². The number of esters is 1. The van der Waals surface area contributed by atoms with Gasteiger partial charge in [-0.25, -0.2) is 0 Å². The first kappa shape index (κ1) is 27.5. The Balaban J connectivity index is 1.32. The van der Waals surface area contributed by atoms with Gasteiger partial charge in [-0.1, -0.05) is 44.0 Å². The van der Waals surface area contributed by atoms with Gasteiger partial charge in [0, 0.05) is 37.1 Å². The van der Waals surface area contributed by atoms with Crippen molar-refractivity contribution < 1.29 is 19.1 Å². The number of hydrogen-bond acceptors (Lipinski definition) is 5. The monoisotopic (exact) mass is 566 g/mol. The molecule has 0 N–H and O–H groups in total. The Bertz CT molecular complexity index is 1480. The fourth-order valence-electron chi connectivity index (χ4n) is 8.86. The lowest BCUT2D eigenvalue weighted by Crippen LogP contribution is -2.79. The minimum Gasteiger partial charge on any atom is -0.487 e. The topological polar surface area (TPSA) is 59.1 Å². The van der Waals surface area contributed by atoms with Gasteiger partial charge in [-0.2, -0.15) is 0 Å². The standard InChI is InChI=1S/C36H42N2O4/c1-23(2)21-38(32(40)14-13-26-8-5-7-24(3)19-26)29-15-16-36(42-25(4)39)31-20-28-9-6-10-30-33(28)35(36,34(29)41-30)17-18-37(31)22-27-11-12-27/h5-10,19,23,27,29,31,34H,11-12,15-18,20-22H2,1-4H3/t29-,31-,34+,35+,36-/m1/s1. The van der Waals surface area contributed by atoms with E-state index in [0.29, 0.717) is 19.4 Å². The molecule has 0 aromatic heterocycles. The van der Waals surface area contributed by atoms with Gasteiger partial charge >= 0.3 is 5.97 Å². The maximum absolute atomic E-state index is 14.0. The summed E-state index contributed by atoms with van der Waals surface area (Å²) in [4.78, 5) is 31.5. The molecule has 1 spiro atoms. The van der Waals surface area contributed by atoms with Crippen molar-refractivity contribution in [3.8, 4) is 17.6 Å². The molecule has 2 aromatic carbocycles. The number of aryl methyl sites for hydroxylation is 1. The Kier molecular flexibility index (Phi) is 6.66. The minimum atomic E-state index is -0.674. The molecule has 6 heteroatoms. The van der Waals surface area contributed by atoms with E-state index >= 15 is 0 Å². The quantitative estimate of drug-likeness (QED) is 0.363. The zero-order valence-corrected chi connectivity index (χ0v) is 25.3. The molecule has 5 aliphatic rings. The first-order valence-corrected chi connectivity index (χ1v) is 15.8. The highest BCUT2D eigenvalue weighted by Gasteiger charge is 2.75. The van der Waals surface area contributed by atoms with Crippen LogP contribution >= 0.6 is 0 Å². The van der Waals surface area contributed by atoms with Gasteiger partial charge in [-0.3, -0.25) is 14.5 Å². The van der Waals surface area contributed by atoms with Crippen LogP contribution in [-0.4, -0.2) is 65.1 Å². The van der Waals surface area contributed by atoms with Crippen LogP contribution in [0.25, 0.3) is 0 Å². The Hall–Kier alpha value is -3.30. The SMILES string of the molecule is CC(=O)O[C@@]12CC[C@@H](N(CC(C)C)C(=O)C#Cc3cccc(C)c3)[C@@H]3Oc4cccc5c4[C@@]31CCN(CC1CC1)[C@@H]2C5. The number of carbonyl (C=O) groups excluding carboxylic acids is 2. The second-order valence-electron chi connectivity index (χ2n) is 13.8. The number of piperidine rings is 1. The van der Waals surface area contributed by atoms with Gasteiger partial charge < -0.3 is 14.4 Å². The van der Waals surface area contributed by atoms with Crippen LogP contribution in [-0.2, 0) is 26.2 Å². The fourth-order valence-corrected chi connectivity index (χ4v) is 8.86. The summed E-state index contributed by atoms with van der Waals surface area (Å²) in [5, 5.41) is 0. The van der Waals surface area contributed by atoms with Crippen LogP contribution in [0.2, 0.25) is 0 Å². The highest BCUT2D eigenvalue weighted by atomic mass is 16.6. The molecule has 3 fully saturated rings. The molecule has 2 saturated carbocycles. The summed E-state index contributed by atoms with van der Waals surface area (Å²) in [6.45, 7) is 10.5. The Morgan fingerprint density at radius 2 is 1.95 bits per heavy atom. The predicted octanol–water partition coefficient (Wildman–Crippen LogP) is 5.03. The molecule has 2 bridgehead atoms. The number of carbonyl (C=O) groups is 2. The fraction of sp³-hybridized carbons (Fsp3) is 0.556. The summed E-state index contributed by atoms with van der Waals surface area (Å²) in [7, 11) is 0. The number of hydrogen-bond donors (Lipinski definition) is 0. The number of nitrogens with zero attached hydrogens (tertiary/aromatic N) is 2. The molecule has 2 heterocycles. The predicted molar refractivity (Wildman–Crippen MR) is 161 cm³/mol. The Labute approximate surface area is 249 Å². The average molecular weight is 567 g/mol. The zero-order valence-electron chi connectivity index (χ0n) is 25.3. The summed E-state index contributed by atoms with van der Waals surface area (Å²) in [5.41, 5.74) is 3.34. The maximum atomic E-state index is 14.0. The summed E-state index contributed by atoms with van der Waals surface area (Å²) in [6.07, 6.45) is 5.43. The molecule has 1 saturated heterocycles. The molecule has 42 heavy (non-hydrogen) atoms. The van der Waals surface area contributed by atoms with Crippen LogP contribution in [0, 0.1) is 30.6 Å². The van der Waals surface area contributed by atoms with Gasteiger partial charge in [0.15, 0.2) is 0 Å². The van der Waals surface area contributed by atoms with Crippen molar-refractivity contribution >= 4 is 11.9 Å². The van der Waals surface area contributed by atoms with E-state index in [1.165, 1.54) is 24.0 Å². The molecule has 2 aromatic rings. The summed E-state index contributed by atoms with van der Waals surface area (Å²) in [6, 6.07) is 14.3. The van der Waals surface area contributed by atoms with Gasteiger partial charge in [0.2, 0.25) is 0 Å². The Morgan fingerprint density at radius 1 is 1.14 bits per heavy atom. The minimum absolute atomic E-state index is 0.110. The van der Waals surface area contributed by atoms with Crippen LogP contribution < -0.4 is 4.74 Å². The van der Waals surface area contributed by atoms with Crippen LogP contribution in [0.3, 0.4) is 0 Å². The number of rotatable bonds is 6. The summed E-state index contributed by atoms with van der Waals surface area (Å²) >= 11 is 0. The lowest BCUT2D eigenvalue weighted by Gasteiger charge is -2.65. The van der Waals surface area contributed by atoms with Gasteiger partial charge in [0.05, 0.1) is 17.5 Å². The largest absolute Gasteiger partial charge is 0.487 e. The number of benzene rings is 2. The third kappa shape index (κ3) is 4.27. The van der Waals surface area contributed by atoms with Crippen LogP contribution in [0.4, 0.5) is 0 Å². The molecular formula is C36H42N2O4. The molecule has 6 nitrogen and oxygen atoms in total. The normalized spacial score (nSPS) is 30.5. The molecule has 220 valence electrons. The molecular weight excluding hydrogens is 524 g/mol. The summed E-state index contributed by atoms with van der Waals surface area (Å²) < 4.78 is 13.6. The van der Waals surface area contributed by atoms with Gasteiger partial charge in [0.25, 0.3) is 5.91 Å². The van der Waals surface area contributed by atoms with Crippen LogP contribution in [0.1, 0.15) is 75.1 Å². The second kappa shape index (κ2) is 10.2. The Morgan fingerprint density at radius 3 is 2.69 bits per heavy atom. The van der Waals surface area contributed by atoms with Crippen LogP contribution in [0.5, 0.6) is 5.75 Å². The van der Waals surface area contributed by atoms with Crippen LogP contribution in [0.15, 0.2) is 42.5 Å². The molecule has 2 aliphatic heterocycles. The van der Waals surface area contributed by atoms with E-state index in [1.54, 1.807) is 6.92 Å². The second-order valence-corrected chi connectivity index (χ2v) is 13.8. The molecule has 0 radical (unpaired) electrons. The lowest BCUT2D eigenvalue weighted by atomic mass is 9.48.